The van der Waals surface area contributed by atoms with Crippen molar-refractivity contribution in [1.82, 2.24) is 0 Å². The summed E-state index contributed by atoms with van der Waals surface area (Å²) in [6.07, 6.45) is 32.1. The highest BCUT2D eigenvalue weighted by atomic mass is 31.2. The van der Waals surface area contributed by atoms with Gasteiger partial charge in [0.2, 0.25) is 0 Å². The van der Waals surface area contributed by atoms with E-state index in [1.165, 1.54) is 70.6 Å². The lowest BCUT2D eigenvalue weighted by Gasteiger charge is -2.19. The van der Waals surface area contributed by atoms with Crippen molar-refractivity contribution >= 4 is 19.8 Å². The standard InChI is InChI=1S/C36H68NO8P/c1-3-5-7-9-11-13-14-15-16-17-18-19-21-23-25-27-29-36(39)45-34(33-44-46(40,41)43-31-30-37)32-42-35(38)28-26-24-22-20-12-10-8-6-4-2/h13-14,16-17,34H,3-12,15,18-33,37H2,1-2H3,(H,40,41)/b14-13-,17-16-. The number of carbonyl (C=O) groups excluding carboxylic acids is 2. The van der Waals surface area contributed by atoms with E-state index in [0.29, 0.717) is 6.42 Å². The van der Waals surface area contributed by atoms with E-state index in [4.69, 9.17) is 24.3 Å². The number of phosphoric ester groups is 1. The molecule has 0 bridgehead atoms. The van der Waals surface area contributed by atoms with Gasteiger partial charge in [0.1, 0.15) is 6.61 Å². The van der Waals surface area contributed by atoms with Crippen LogP contribution < -0.4 is 5.73 Å². The minimum absolute atomic E-state index is 0.0520. The molecule has 0 saturated carbocycles. The fourth-order valence-electron chi connectivity index (χ4n) is 4.84. The molecule has 2 unspecified atom stereocenters. The van der Waals surface area contributed by atoms with E-state index in [-0.39, 0.29) is 38.6 Å². The second-order valence-electron chi connectivity index (χ2n) is 12.1. The molecule has 46 heavy (non-hydrogen) atoms. The number of phosphoric acid groups is 1. The highest BCUT2D eigenvalue weighted by Crippen LogP contribution is 2.43. The molecule has 0 saturated heterocycles. The van der Waals surface area contributed by atoms with Crippen molar-refractivity contribution < 1.29 is 37.6 Å². The van der Waals surface area contributed by atoms with Gasteiger partial charge in [-0.05, 0) is 44.9 Å². The molecule has 0 spiro atoms. The third-order valence-corrected chi connectivity index (χ3v) is 8.57. The van der Waals surface area contributed by atoms with Gasteiger partial charge in [-0.1, -0.05) is 128 Å². The summed E-state index contributed by atoms with van der Waals surface area (Å²) in [7, 11) is -4.37. The van der Waals surface area contributed by atoms with Crippen LogP contribution in [0.2, 0.25) is 0 Å². The summed E-state index contributed by atoms with van der Waals surface area (Å²) in [6.45, 7) is 3.66. The van der Waals surface area contributed by atoms with Crippen molar-refractivity contribution in [3.8, 4) is 0 Å². The van der Waals surface area contributed by atoms with E-state index in [1.54, 1.807) is 0 Å². The number of esters is 2. The van der Waals surface area contributed by atoms with Gasteiger partial charge < -0.3 is 20.1 Å². The smallest absolute Gasteiger partial charge is 0.462 e. The summed E-state index contributed by atoms with van der Waals surface area (Å²) in [5, 5.41) is 0. The maximum Gasteiger partial charge on any atom is 0.472 e. The number of nitrogens with two attached hydrogens (primary N) is 1. The average molecular weight is 674 g/mol. The summed E-state index contributed by atoms with van der Waals surface area (Å²) in [4.78, 5) is 34.6. The zero-order valence-electron chi connectivity index (χ0n) is 29.3. The molecule has 2 atom stereocenters. The van der Waals surface area contributed by atoms with Crippen molar-refractivity contribution in [2.45, 2.75) is 168 Å². The SMILES string of the molecule is CCCCCC/C=C\C/C=C\CCCCCCCC(=O)OC(COC(=O)CCCCCCCCCCC)COP(=O)(O)OCCN. The van der Waals surface area contributed by atoms with Crippen LogP contribution in [-0.4, -0.2) is 49.3 Å². The van der Waals surface area contributed by atoms with E-state index >= 15 is 0 Å². The summed E-state index contributed by atoms with van der Waals surface area (Å²) >= 11 is 0. The monoisotopic (exact) mass is 673 g/mol. The third-order valence-electron chi connectivity index (χ3n) is 7.59. The van der Waals surface area contributed by atoms with Gasteiger partial charge in [-0.3, -0.25) is 18.6 Å². The molecule has 0 aliphatic heterocycles. The van der Waals surface area contributed by atoms with E-state index in [9.17, 15) is 19.0 Å². The van der Waals surface area contributed by atoms with E-state index < -0.39 is 26.5 Å². The highest BCUT2D eigenvalue weighted by molar-refractivity contribution is 7.47. The molecule has 0 aromatic rings. The van der Waals surface area contributed by atoms with Crippen LogP contribution in [-0.2, 0) is 32.7 Å². The van der Waals surface area contributed by atoms with Gasteiger partial charge in [-0.15, -0.1) is 0 Å². The fourth-order valence-corrected chi connectivity index (χ4v) is 5.60. The topological polar surface area (TPSA) is 134 Å². The van der Waals surface area contributed by atoms with Crippen molar-refractivity contribution in [3.05, 3.63) is 24.3 Å². The molecule has 0 rings (SSSR count). The van der Waals surface area contributed by atoms with Crippen LogP contribution in [0.5, 0.6) is 0 Å². The van der Waals surface area contributed by atoms with Gasteiger partial charge in [0.05, 0.1) is 13.2 Å². The quantitative estimate of drug-likeness (QED) is 0.0296. The van der Waals surface area contributed by atoms with Crippen LogP contribution >= 0.6 is 7.82 Å². The van der Waals surface area contributed by atoms with E-state index in [1.807, 2.05) is 0 Å². The average Bonchev–Trinajstić information content (AvgIpc) is 3.04. The first kappa shape index (κ1) is 44.5. The lowest BCUT2D eigenvalue weighted by molar-refractivity contribution is -0.161. The first-order chi connectivity index (χ1) is 22.3. The predicted octanol–water partition coefficient (Wildman–Crippen LogP) is 9.66. The Kier molecular flexibility index (Phi) is 32.3. The molecule has 0 aliphatic carbocycles. The normalized spacial score (nSPS) is 13.7. The minimum Gasteiger partial charge on any atom is -0.462 e. The van der Waals surface area contributed by atoms with Crippen molar-refractivity contribution in [1.29, 1.82) is 0 Å². The second kappa shape index (κ2) is 33.4. The Morgan fingerprint density at radius 3 is 1.67 bits per heavy atom. The van der Waals surface area contributed by atoms with Gasteiger partial charge in [0.25, 0.3) is 0 Å². The Hall–Kier alpha value is -1.51. The fraction of sp³-hybridized carbons (Fsp3) is 0.833. The molecule has 0 heterocycles. The van der Waals surface area contributed by atoms with Crippen molar-refractivity contribution in [3.63, 3.8) is 0 Å². The Morgan fingerprint density at radius 2 is 1.13 bits per heavy atom. The highest BCUT2D eigenvalue weighted by Gasteiger charge is 2.25. The first-order valence-corrected chi connectivity index (χ1v) is 19.8. The molecule has 0 aromatic heterocycles. The lowest BCUT2D eigenvalue weighted by atomic mass is 10.1. The van der Waals surface area contributed by atoms with Crippen molar-refractivity contribution in [2.24, 2.45) is 5.73 Å². The molecule has 0 fully saturated rings. The van der Waals surface area contributed by atoms with Crippen LogP contribution in [0, 0.1) is 0 Å². The van der Waals surface area contributed by atoms with Crippen LogP contribution in [0.1, 0.15) is 162 Å². The summed E-state index contributed by atoms with van der Waals surface area (Å²) in [6, 6.07) is 0. The Balaban J connectivity index is 4.25. The van der Waals surface area contributed by atoms with Gasteiger partial charge in [-0.2, -0.15) is 0 Å². The van der Waals surface area contributed by atoms with Crippen molar-refractivity contribution in [2.75, 3.05) is 26.4 Å². The molecule has 9 nitrogen and oxygen atoms in total. The predicted molar refractivity (Wildman–Crippen MR) is 187 cm³/mol. The Bertz CT molecular complexity index is 820. The van der Waals surface area contributed by atoms with E-state index in [2.05, 4.69) is 38.2 Å². The molecule has 0 radical (unpaired) electrons. The molecular weight excluding hydrogens is 605 g/mol. The molecule has 0 aliphatic rings. The van der Waals surface area contributed by atoms with Crippen LogP contribution in [0.4, 0.5) is 0 Å². The molecule has 3 N–H and O–H groups in total. The molecule has 0 aromatic carbocycles. The Morgan fingerprint density at radius 1 is 0.652 bits per heavy atom. The lowest BCUT2D eigenvalue weighted by Crippen LogP contribution is -2.29. The number of hydrogen-bond acceptors (Lipinski definition) is 8. The Labute approximate surface area is 281 Å². The summed E-state index contributed by atoms with van der Waals surface area (Å²) in [5.74, 6) is -0.847. The van der Waals surface area contributed by atoms with Gasteiger partial charge in [0, 0.05) is 19.4 Å². The molecule has 270 valence electrons. The number of allylic oxidation sites excluding steroid dienone is 4. The second-order valence-corrected chi connectivity index (χ2v) is 13.5. The molecule has 0 amide bonds. The van der Waals surface area contributed by atoms with Crippen LogP contribution in [0.15, 0.2) is 24.3 Å². The van der Waals surface area contributed by atoms with Gasteiger partial charge >= 0.3 is 19.8 Å². The van der Waals surface area contributed by atoms with Gasteiger partial charge in [0.15, 0.2) is 6.10 Å². The number of ether oxygens (including phenoxy) is 2. The van der Waals surface area contributed by atoms with Crippen LogP contribution in [0.3, 0.4) is 0 Å². The minimum atomic E-state index is -4.37. The van der Waals surface area contributed by atoms with E-state index in [0.717, 1.165) is 57.8 Å². The number of carbonyl (C=O) groups is 2. The zero-order chi connectivity index (χ0) is 34.0. The third kappa shape index (κ3) is 32.4. The zero-order valence-corrected chi connectivity index (χ0v) is 30.2. The van der Waals surface area contributed by atoms with Gasteiger partial charge in [-0.25, -0.2) is 4.57 Å². The molecular formula is C36H68NO8P. The maximum absolute atomic E-state index is 12.5. The first-order valence-electron chi connectivity index (χ1n) is 18.3. The largest absolute Gasteiger partial charge is 0.472 e. The number of rotatable bonds is 34. The summed E-state index contributed by atoms with van der Waals surface area (Å²) in [5.41, 5.74) is 5.32. The maximum atomic E-state index is 12.5. The number of hydrogen-bond donors (Lipinski definition) is 2. The molecule has 10 heteroatoms. The summed E-state index contributed by atoms with van der Waals surface area (Å²) < 4.78 is 32.5. The van der Waals surface area contributed by atoms with Crippen LogP contribution in [0.25, 0.3) is 0 Å². The number of unbranched alkanes of at least 4 members (excludes halogenated alkanes) is 17.